The van der Waals surface area contributed by atoms with Gasteiger partial charge in [0.15, 0.2) is 0 Å². The lowest BCUT2D eigenvalue weighted by Gasteiger charge is -2.36. The monoisotopic (exact) mass is 210 g/mol. The summed E-state index contributed by atoms with van der Waals surface area (Å²) in [6.07, 6.45) is 6.89. The van der Waals surface area contributed by atoms with Gasteiger partial charge in [0, 0.05) is 13.1 Å². The molecule has 0 saturated carbocycles. The van der Waals surface area contributed by atoms with Gasteiger partial charge in [0.2, 0.25) is 0 Å². The average molecular weight is 210 g/mol. The molecule has 0 amide bonds. The molecule has 0 aromatic rings. The maximum absolute atomic E-state index is 3.65. The van der Waals surface area contributed by atoms with Crippen LogP contribution in [0.3, 0.4) is 0 Å². The minimum atomic E-state index is 0.539. The van der Waals surface area contributed by atoms with Crippen molar-refractivity contribution in [3.05, 3.63) is 0 Å². The maximum atomic E-state index is 3.65. The fraction of sp³-hybridized carbons (Fsp3) is 1.00. The van der Waals surface area contributed by atoms with E-state index in [9.17, 15) is 0 Å². The molecule has 2 rings (SSSR count). The van der Waals surface area contributed by atoms with E-state index in [0.717, 1.165) is 0 Å². The lowest BCUT2D eigenvalue weighted by Crippen LogP contribution is -2.33. The zero-order valence-corrected chi connectivity index (χ0v) is 10.4. The molecule has 88 valence electrons. The van der Waals surface area contributed by atoms with Gasteiger partial charge in [-0.1, -0.05) is 20.3 Å². The van der Waals surface area contributed by atoms with Crippen molar-refractivity contribution in [2.24, 2.45) is 10.8 Å². The molecule has 1 spiro atoms. The van der Waals surface area contributed by atoms with Crippen molar-refractivity contribution >= 4 is 0 Å². The molecule has 2 aliphatic heterocycles. The van der Waals surface area contributed by atoms with Gasteiger partial charge < -0.3 is 10.6 Å². The van der Waals surface area contributed by atoms with E-state index in [1.807, 2.05) is 0 Å². The van der Waals surface area contributed by atoms with E-state index < -0.39 is 0 Å². The summed E-state index contributed by atoms with van der Waals surface area (Å²) in [6.45, 7) is 9.74. The quantitative estimate of drug-likeness (QED) is 0.730. The van der Waals surface area contributed by atoms with Crippen molar-refractivity contribution in [1.29, 1.82) is 0 Å². The van der Waals surface area contributed by atoms with Gasteiger partial charge in [-0.15, -0.1) is 0 Å². The predicted molar refractivity (Wildman–Crippen MR) is 65.0 cm³/mol. The Morgan fingerprint density at radius 2 is 1.73 bits per heavy atom. The van der Waals surface area contributed by atoms with Crippen LogP contribution in [-0.2, 0) is 0 Å². The molecular formula is C13H26N2. The molecule has 0 aromatic heterocycles. The van der Waals surface area contributed by atoms with Crippen molar-refractivity contribution in [3.63, 3.8) is 0 Å². The normalized spacial score (nSPS) is 42.0. The third-order valence-corrected chi connectivity index (χ3v) is 4.37. The Balaban J connectivity index is 2.07. The van der Waals surface area contributed by atoms with Crippen LogP contribution in [-0.4, -0.2) is 26.2 Å². The van der Waals surface area contributed by atoms with Gasteiger partial charge in [-0.25, -0.2) is 0 Å². The summed E-state index contributed by atoms with van der Waals surface area (Å²) in [5.41, 5.74) is 1.16. The molecule has 15 heavy (non-hydrogen) atoms. The Kier molecular flexibility index (Phi) is 3.36. The third kappa shape index (κ3) is 2.54. The zero-order chi connectivity index (χ0) is 10.8. The molecule has 2 unspecified atom stereocenters. The topological polar surface area (TPSA) is 24.1 Å². The highest BCUT2D eigenvalue weighted by Gasteiger charge is 2.41. The largest absolute Gasteiger partial charge is 0.316 e. The summed E-state index contributed by atoms with van der Waals surface area (Å²) < 4.78 is 0. The standard InChI is InChI=1S/C13H26N2/c1-3-4-12(2)9-13(5-7-14-10-12)6-8-15-11-13/h14-15H,3-11H2,1-2H3. The van der Waals surface area contributed by atoms with Crippen molar-refractivity contribution in [1.82, 2.24) is 10.6 Å². The van der Waals surface area contributed by atoms with E-state index in [1.54, 1.807) is 0 Å². The van der Waals surface area contributed by atoms with Crippen molar-refractivity contribution in [3.8, 4) is 0 Å². The molecule has 2 nitrogen and oxygen atoms in total. The first-order valence-electron chi connectivity index (χ1n) is 6.60. The summed E-state index contributed by atoms with van der Waals surface area (Å²) in [6, 6.07) is 0. The summed E-state index contributed by atoms with van der Waals surface area (Å²) in [5, 5.41) is 7.21. The Hall–Kier alpha value is -0.0800. The lowest BCUT2D eigenvalue weighted by atomic mass is 9.69. The summed E-state index contributed by atoms with van der Waals surface area (Å²) in [7, 11) is 0. The molecule has 2 heterocycles. The van der Waals surface area contributed by atoms with Crippen LogP contribution in [0.2, 0.25) is 0 Å². The molecule has 2 N–H and O–H groups in total. The second kappa shape index (κ2) is 4.42. The van der Waals surface area contributed by atoms with Gasteiger partial charge in [0.05, 0.1) is 0 Å². The number of hydrogen-bond acceptors (Lipinski definition) is 2. The Morgan fingerprint density at radius 3 is 2.33 bits per heavy atom. The first kappa shape index (κ1) is 11.4. The SMILES string of the molecule is CCCC1(C)CNCCC2(CCNC2)C1. The first-order chi connectivity index (χ1) is 7.18. The van der Waals surface area contributed by atoms with Crippen LogP contribution in [0.1, 0.15) is 46.0 Å². The van der Waals surface area contributed by atoms with E-state index in [1.165, 1.54) is 58.3 Å². The van der Waals surface area contributed by atoms with Crippen LogP contribution in [0.4, 0.5) is 0 Å². The van der Waals surface area contributed by atoms with Crippen LogP contribution in [0.15, 0.2) is 0 Å². The highest BCUT2D eigenvalue weighted by Crippen LogP contribution is 2.44. The van der Waals surface area contributed by atoms with E-state index in [2.05, 4.69) is 24.5 Å². The highest BCUT2D eigenvalue weighted by molar-refractivity contribution is 4.96. The van der Waals surface area contributed by atoms with E-state index in [-0.39, 0.29) is 0 Å². The van der Waals surface area contributed by atoms with Crippen LogP contribution in [0.5, 0.6) is 0 Å². The van der Waals surface area contributed by atoms with Gasteiger partial charge in [-0.3, -0.25) is 0 Å². The van der Waals surface area contributed by atoms with E-state index in [4.69, 9.17) is 0 Å². The molecular weight excluding hydrogens is 184 g/mol. The molecule has 0 aliphatic carbocycles. The lowest BCUT2D eigenvalue weighted by molar-refractivity contribution is 0.164. The second-order valence-electron chi connectivity index (χ2n) is 6.09. The molecule has 0 bridgehead atoms. The molecule has 2 heteroatoms. The fourth-order valence-corrected chi connectivity index (χ4v) is 3.74. The van der Waals surface area contributed by atoms with Crippen LogP contribution in [0, 0.1) is 10.8 Å². The van der Waals surface area contributed by atoms with Gasteiger partial charge in [0.1, 0.15) is 0 Å². The average Bonchev–Trinajstić information content (AvgIpc) is 2.54. The van der Waals surface area contributed by atoms with Crippen molar-refractivity contribution < 1.29 is 0 Å². The molecule has 2 aliphatic rings. The third-order valence-electron chi connectivity index (χ3n) is 4.37. The molecule has 2 atom stereocenters. The summed E-state index contributed by atoms with van der Waals surface area (Å²) in [4.78, 5) is 0. The maximum Gasteiger partial charge on any atom is 0.000898 e. The second-order valence-corrected chi connectivity index (χ2v) is 6.09. The highest BCUT2D eigenvalue weighted by atomic mass is 14.9. The smallest absolute Gasteiger partial charge is 0.000898 e. The summed E-state index contributed by atoms with van der Waals surface area (Å²) in [5.74, 6) is 0. The predicted octanol–water partition coefficient (Wildman–Crippen LogP) is 2.16. The Labute approximate surface area is 94.2 Å². The summed E-state index contributed by atoms with van der Waals surface area (Å²) >= 11 is 0. The van der Waals surface area contributed by atoms with Gasteiger partial charge in [-0.2, -0.15) is 0 Å². The Morgan fingerprint density at radius 1 is 1.07 bits per heavy atom. The Bertz CT molecular complexity index is 209. The van der Waals surface area contributed by atoms with Crippen LogP contribution >= 0.6 is 0 Å². The van der Waals surface area contributed by atoms with Gasteiger partial charge in [0.25, 0.3) is 0 Å². The number of nitrogens with one attached hydrogen (secondary N) is 2. The van der Waals surface area contributed by atoms with E-state index in [0.29, 0.717) is 10.8 Å². The van der Waals surface area contributed by atoms with Crippen LogP contribution < -0.4 is 10.6 Å². The van der Waals surface area contributed by atoms with Crippen molar-refractivity contribution in [2.75, 3.05) is 26.2 Å². The number of rotatable bonds is 2. The molecule has 2 saturated heterocycles. The molecule has 0 radical (unpaired) electrons. The van der Waals surface area contributed by atoms with Crippen LogP contribution in [0.25, 0.3) is 0 Å². The minimum absolute atomic E-state index is 0.539. The fourth-order valence-electron chi connectivity index (χ4n) is 3.74. The number of hydrogen-bond donors (Lipinski definition) is 2. The van der Waals surface area contributed by atoms with Crippen molar-refractivity contribution in [2.45, 2.75) is 46.0 Å². The van der Waals surface area contributed by atoms with Gasteiger partial charge in [-0.05, 0) is 49.6 Å². The van der Waals surface area contributed by atoms with Gasteiger partial charge >= 0.3 is 0 Å². The first-order valence-corrected chi connectivity index (χ1v) is 6.60. The minimum Gasteiger partial charge on any atom is -0.316 e. The van der Waals surface area contributed by atoms with E-state index >= 15 is 0 Å². The molecule has 2 fully saturated rings. The molecule has 0 aromatic carbocycles. The zero-order valence-electron chi connectivity index (χ0n) is 10.4.